The number of rotatable bonds is 7. The molecular formula is C31H46N6O6. The minimum Gasteiger partial charge on any atom is -0.494 e. The fraction of sp³-hybridized carbons (Fsp3) is 0.581. The fourth-order valence-electron chi connectivity index (χ4n) is 4.43. The maximum Gasteiger partial charge on any atom is 0.308 e. The molecule has 3 heterocycles. The molecule has 12 heteroatoms. The van der Waals surface area contributed by atoms with E-state index in [0.29, 0.717) is 36.9 Å². The summed E-state index contributed by atoms with van der Waals surface area (Å²) in [4.78, 5) is 25.8. The molecule has 1 aliphatic rings. The SMILES string of the molecule is CC(C)(C)C(=O)O.CCOc1nn2c(=N)n(CC(=O)c3cc(N4CCOCC4)c(OC)c(C(C)(C)C)c3)nc2c(C)c1C. The Balaban J connectivity index is 0.000000646. The first-order valence-electron chi connectivity index (χ1n) is 14.5. The lowest BCUT2D eigenvalue weighted by atomic mass is 9.84. The molecule has 0 atom stereocenters. The van der Waals surface area contributed by atoms with Crippen molar-refractivity contribution < 1.29 is 28.9 Å². The maximum absolute atomic E-state index is 13.6. The van der Waals surface area contributed by atoms with Crippen LogP contribution in [0.5, 0.6) is 11.6 Å². The molecule has 0 aliphatic carbocycles. The van der Waals surface area contributed by atoms with Crippen molar-refractivity contribution in [3.63, 3.8) is 0 Å². The number of anilines is 1. The number of ketones is 1. The van der Waals surface area contributed by atoms with Gasteiger partial charge in [-0.05, 0) is 59.1 Å². The summed E-state index contributed by atoms with van der Waals surface area (Å²) < 4.78 is 19.8. The number of nitrogens with zero attached hydrogens (tertiary/aromatic N) is 5. The number of Topliss-reactive ketones (excluding diaryl/α,β-unsaturated/α-hetero) is 1. The number of hydrogen-bond donors (Lipinski definition) is 2. The van der Waals surface area contributed by atoms with Gasteiger partial charge >= 0.3 is 5.97 Å². The minimum atomic E-state index is -0.757. The number of morpholine rings is 1. The molecule has 0 amide bonds. The zero-order valence-corrected chi connectivity index (χ0v) is 27.1. The summed E-state index contributed by atoms with van der Waals surface area (Å²) in [7, 11) is 1.67. The van der Waals surface area contributed by atoms with Crippen LogP contribution in [0.2, 0.25) is 0 Å². The van der Waals surface area contributed by atoms with Crippen LogP contribution in [-0.4, -0.2) is 76.3 Å². The fourth-order valence-corrected chi connectivity index (χ4v) is 4.43. The summed E-state index contributed by atoms with van der Waals surface area (Å²) in [5.74, 6) is 0.347. The lowest BCUT2D eigenvalue weighted by Crippen LogP contribution is -2.37. The molecule has 0 unspecified atom stereocenters. The Morgan fingerprint density at radius 1 is 1.05 bits per heavy atom. The molecule has 1 aliphatic heterocycles. The Labute approximate surface area is 253 Å². The van der Waals surface area contributed by atoms with Crippen molar-refractivity contribution in [1.29, 1.82) is 5.41 Å². The second kappa shape index (κ2) is 13.2. The molecule has 4 rings (SSSR count). The van der Waals surface area contributed by atoms with Gasteiger partial charge in [0.05, 0.1) is 38.0 Å². The van der Waals surface area contributed by atoms with Crippen LogP contribution in [-0.2, 0) is 21.5 Å². The van der Waals surface area contributed by atoms with Crippen molar-refractivity contribution in [1.82, 2.24) is 19.4 Å². The van der Waals surface area contributed by atoms with Gasteiger partial charge in [-0.15, -0.1) is 10.2 Å². The number of aryl methyl sites for hydroxylation is 1. The van der Waals surface area contributed by atoms with E-state index in [1.54, 1.807) is 27.9 Å². The van der Waals surface area contributed by atoms with Gasteiger partial charge in [0.25, 0.3) is 0 Å². The monoisotopic (exact) mass is 598 g/mol. The van der Waals surface area contributed by atoms with Gasteiger partial charge in [0.2, 0.25) is 11.5 Å². The second-order valence-corrected chi connectivity index (χ2v) is 12.6. The third-order valence-corrected chi connectivity index (χ3v) is 7.24. The minimum absolute atomic E-state index is 0.0142. The van der Waals surface area contributed by atoms with E-state index in [9.17, 15) is 9.59 Å². The standard InChI is InChI=1S/C26H36N6O4.C5H10O2/c1-8-36-24-17(3)16(2)23-28-31(25(27)32(23)29-24)15-21(33)18-13-19(26(4,5)6)22(34-7)20(14-18)30-9-11-35-12-10-30;1-5(2,3)4(6)7/h13-14,27H,8-12,15H2,1-7H3;1-3H3,(H,6,7). The normalized spacial score (nSPS) is 13.9. The molecule has 0 saturated carbocycles. The Morgan fingerprint density at radius 2 is 1.65 bits per heavy atom. The summed E-state index contributed by atoms with van der Waals surface area (Å²) >= 11 is 0. The molecule has 43 heavy (non-hydrogen) atoms. The van der Waals surface area contributed by atoms with E-state index in [1.807, 2.05) is 32.9 Å². The zero-order chi connectivity index (χ0) is 32.3. The Morgan fingerprint density at radius 3 is 2.16 bits per heavy atom. The third kappa shape index (κ3) is 7.54. The lowest BCUT2D eigenvalue weighted by molar-refractivity contribution is -0.145. The Bertz CT molecular complexity index is 1540. The van der Waals surface area contributed by atoms with Gasteiger partial charge in [-0.1, -0.05) is 20.8 Å². The number of aromatic nitrogens is 4. The number of ether oxygens (including phenoxy) is 3. The van der Waals surface area contributed by atoms with Crippen molar-refractivity contribution in [3.05, 3.63) is 40.0 Å². The van der Waals surface area contributed by atoms with E-state index < -0.39 is 11.4 Å². The van der Waals surface area contributed by atoms with Crippen molar-refractivity contribution in [2.75, 3.05) is 44.9 Å². The van der Waals surface area contributed by atoms with Crippen LogP contribution < -0.4 is 20.0 Å². The quantitative estimate of drug-likeness (QED) is 0.383. The Kier molecular flexibility index (Phi) is 10.3. The van der Waals surface area contributed by atoms with Crippen LogP contribution >= 0.6 is 0 Å². The van der Waals surface area contributed by atoms with Crippen molar-refractivity contribution >= 4 is 23.1 Å². The van der Waals surface area contributed by atoms with E-state index in [4.69, 9.17) is 24.7 Å². The van der Waals surface area contributed by atoms with Gasteiger partial charge in [-0.3, -0.25) is 15.0 Å². The first-order valence-corrected chi connectivity index (χ1v) is 14.5. The van der Waals surface area contributed by atoms with E-state index >= 15 is 0 Å². The van der Waals surface area contributed by atoms with Crippen LogP contribution in [0.3, 0.4) is 0 Å². The molecule has 12 nitrogen and oxygen atoms in total. The molecule has 236 valence electrons. The molecule has 2 N–H and O–H groups in total. The summed E-state index contributed by atoms with van der Waals surface area (Å²) in [5.41, 5.74) is 3.86. The number of fused-ring (bicyclic) bond motifs is 1. The molecule has 0 bridgehead atoms. The molecule has 3 aromatic rings. The van der Waals surface area contributed by atoms with Crippen LogP contribution in [0, 0.1) is 24.7 Å². The first kappa shape index (κ1) is 33.6. The smallest absolute Gasteiger partial charge is 0.308 e. The molecule has 2 aromatic heterocycles. The van der Waals surface area contributed by atoms with Crippen molar-refractivity contribution in [2.24, 2.45) is 5.41 Å². The number of carboxylic acids is 1. The topological polar surface area (TPSA) is 144 Å². The highest BCUT2D eigenvalue weighted by molar-refractivity contribution is 5.98. The van der Waals surface area contributed by atoms with Gasteiger partial charge in [-0.25, -0.2) is 4.68 Å². The van der Waals surface area contributed by atoms with Crippen LogP contribution in [0.4, 0.5) is 5.69 Å². The highest BCUT2D eigenvalue weighted by atomic mass is 16.5. The average Bonchev–Trinajstić information content (AvgIpc) is 3.25. The second-order valence-electron chi connectivity index (χ2n) is 12.6. The predicted octanol–water partition coefficient (Wildman–Crippen LogP) is 4.17. The first-order chi connectivity index (χ1) is 20.0. The van der Waals surface area contributed by atoms with Crippen LogP contribution in [0.25, 0.3) is 5.65 Å². The zero-order valence-electron chi connectivity index (χ0n) is 27.1. The van der Waals surface area contributed by atoms with E-state index in [2.05, 4.69) is 35.9 Å². The summed E-state index contributed by atoms with van der Waals surface area (Å²) in [6.07, 6.45) is 0. The number of carbonyl (C=O) groups is 2. The van der Waals surface area contributed by atoms with E-state index in [1.165, 1.54) is 9.20 Å². The number of carbonyl (C=O) groups excluding carboxylic acids is 1. The highest BCUT2D eigenvalue weighted by Crippen LogP contribution is 2.40. The predicted molar refractivity (Wildman–Crippen MR) is 164 cm³/mol. The van der Waals surface area contributed by atoms with Crippen LogP contribution in [0.1, 0.15) is 75.5 Å². The van der Waals surface area contributed by atoms with E-state index in [0.717, 1.165) is 41.2 Å². The Hall–Kier alpha value is -3.93. The van der Waals surface area contributed by atoms with Gasteiger partial charge in [0.15, 0.2) is 11.4 Å². The average molecular weight is 599 g/mol. The number of methoxy groups -OCH3 is 1. The van der Waals surface area contributed by atoms with Crippen molar-refractivity contribution in [3.8, 4) is 11.6 Å². The van der Waals surface area contributed by atoms with Crippen molar-refractivity contribution in [2.45, 2.75) is 74.3 Å². The van der Waals surface area contributed by atoms with Gasteiger partial charge in [0.1, 0.15) is 12.3 Å². The highest BCUT2D eigenvalue weighted by Gasteiger charge is 2.27. The van der Waals surface area contributed by atoms with E-state index in [-0.39, 0.29) is 23.4 Å². The number of aliphatic carboxylic acids is 1. The number of nitrogens with one attached hydrogen (secondary N) is 1. The maximum atomic E-state index is 13.6. The number of hydrogen-bond acceptors (Lipinski definition) is 9. The van der Waals surface area contributed by atoms with Gasteiger partial charge in [0, 0.05) is 35.3 Å². The number of carboxylic acid groups (broad SMARTS) is 1. The summed E-state index contributed by atoms with van der Waals surface area (Å²) in [5, 5.41) is 25.9. The molecule has 0 radical (unpaired) electrons. The molecule has 1 aromatic carbocycles. The molecule has 1 fully saturated rings. The number of benzene rings is 1. The third-order valence-electron chi connectivity index (χ3n) is 7.24. The molecule has 1 saturated heterocycles. The van der Waals surface area contributed by atoms with Gasteiger partial charge < -0.3 is 24.2 Å². The summed E-state index contributed by atoms with van der Waals surface area (Å²) in [6.45, 7) is 20.1. The van der Waals surface area contributed by atoms with Gasteiger partial charge in [-0.2, -0.15) is 4.52 Å². The molecule has 0 spiro atoms. The summed E-state index contributed by atoms with van der Waals surface area (Å²) in [6, 6.07) is 3.80. The van der Waals surface area contributed by atoms with Crippen LogP contribution in [0.15, 0.2) is 12.1 Å². The molecular weight excluding hydrogens is 552 g/mol. The lowest BCUT2D eigenvalue weighted by Gasteiger charge is -2.33. The largest absolute Gasteiger partial charge is 0.494 e.